The van der Waals surface area contributed by atoms with Crippen molar-refractivity contribution in [3.8, 4) is 0 Å². The number of amides is 1. The summed E-state index contributed by atoms with van der Waals surface area (Å²) >= 11 is 0. The molecule has 1 saturated carbocycles. The minimum atomic E-state index is -4.09. The number of nitrogens with zero attached hydrogens (tertiary/aromatic N) is 2. The Morgan fingerprint density at radius 3 is 2.56 bits per heavy atom. The van der Waals surface area contributed by atoms with Crippen LogP contribution in [0.15, 0.2) is 95.9 Å². The Morgan fingerprint density at radius 2 is 1.78 bits per heavy atom. The highest BCUT2D eigenvalue weighted by atomic mass is 32.2. The summed E-state index contributed by atoms with van der Waals surface area (Å²) in [6.45, 7) is 2.23. The molecule has 210 valence electrons. The first kappa shape index (κ1) is 27.3. The molecule has 4 aromatic rings. The maximum atomic E-state index is 14.4. The van der Waals surface area contributed by atoms with Crippen molar-refractivity contribution in [1.29, 1.82) is 0 Å². The SMILES string of the molecule is Cc1cccc(CN(C(=O)[C@@H]2C[C@H]2c2ccccc2)c2ccc3c(c2)[C@H](NS(=O)(=O)c2ccccc2F)CCC3)n1. The van der Waals surface area contributed by atoms with Gasteiger partial charge in [-0.2, -0.15) is 0 Å². The molecule has 1 amide bonds. The quantitative estimate of drug-likeness (QED) is 0.273. The number of sulfonamides is 1. The Morgan fingerprint density at radius 1 is 1.00 bits per heavy atom. The predicted molar refractivity (Wildman–Crippen MR) is 156 cm³/mol. The molecule has 0 aliphatic heterocycles. The summed E-state index contributed by atoms with van der Waals surface area (Å²) in [4.78, 5) is 20.1. The van der Waals surface area contributed by atoms with Gasteiger partial charge in [-0.05, 0) is 91.6 Å². The third-order valence-corrected chi connectivity index (χ3v) is 9.55. The van der Waals surface area contributed by atoms with Crippen molar-refractivity contribution >= 4 is 21.6 Å². The zero-order chi connectivity index (χ0) is 28.6. The number of hydrogen-bond acceptors (Lipinski definition) is 4. The van der Waals surface area contributed by atoms with E-state index in [1.165, 1.54) is 18.2 Å². The molecule has 0 unspecified atom stereocenters. The lowest BCUT2D eigenvalue weighted by Gasteiger charge is -2.29. The summed E-state index contributed by atoms with van der Waals surface area (Å²) in [5.41, 5.74) is 5.36. The van der Waals surface area contributed by atoms with Gasteiger partial charge >= 0.3 is 0 Å². The monoisotopic (exact) mass is 569 g/mol. The Labute approximate surface area is 240 Å². The van der Waals surface area contributed by atoms with Gasteiger partial charge in [0.2, 0.25) is 15.9 Å². The number of rotatable bonds is 8. The molecule has 41 heavy (non-hydrogen) atoms. The molecule has 0 radical (unpaired) electrons. The molecule has 8 heteroatoms. The zero-order valence-electron chi connectivity index (χ0n) is 22.8. The van der Waals surface area contributed by atoms with Gasteiger partial charge in [0.15, 0.2) is 0 Å². The van der Waals surface area contributed by atoms with E-state index in [0.29, 0.717) is 18.7 Å². The van der Waals surface area contributed by atoms with E-state index in [9.17, 15) is 17.6 Å². The van der Waals surface area contributed by atoms with Crippen LogP contribution in [0, 0.1) is 18.7 Å². The molecule has 1 N–H and O–H groups in total. The molecule has 6 nitrogen and oxygen atoms in total. The highest BCUT2D eigenvalue weighted by molar-refractivity contribution is 7.89. The molecule has 1 aromatic heterocycles. The zero-order valence-corrected chi connectivity index (χ0v) is 23.6. The van der Waals surface area contributed by atoms with Crippen LogP contribution in [0.25, 0.3) is 0 Å². The molecule has 2 aliphatic carbocycles. The Kier molecular flexibility index (Phi) is 7.45. The van der Waals surface area contributed by atoms with Crippen molar-refractivity contribution < 1.29 is 17.6 Å². The van der Waals surface area contributed by atoms with Crippen LogP contribution in [0.5, 0.6) is 0 Å². The maximum Gasteiger partial charge on any atom is 0.244 e. The number of halogens is 1. The van der Waals surface area contributed by atoms with E-state index in [4.69, 9.17) is 0 Å². The largest absolute Gasteiger partial charge is 0.306 e. The summed E-state index contributed by atoms with van der Waals surface area (Å²) in [6, 6.07) is 26.6. The molecule has 0 spiro atoms. The van der Waals surface area contributed by atoms with Gasteiger partial charge in [0.1, 0.15) is 10.7 Å². The standard InChI is InChI=1S/C33H32FN3O3S/c1-22-9-7-13-25(35-22)21-37(33(38)29-20-27(29)23-10-3-2-4-11-23)26-18-17-24-12-8-15-31(28(24)19-26)36-41(39,40)32-16-6-5-14-30(32)34/h2-7,9-11,13-14,16-19,27,29,31,36H,8,12,15,20-21H2,1H3/t27-,29+,31+/m0/s1. The molecular formula is C33H32FN3O3S. The topological polar surface area (TPSA) is 79.4 Å². The van der Waals surface area contributed by atoms with E-state index in [2.05, 4.69) is 21.8 Å². The number of fused-ring (bicyclic) bond motifs is 1. The van der Waals surface area contributed by atoms with Crippen molar-refractivity contribution in [1.82, 2.24) is 9.71 Å². The highest BCUT2D eigenvalue weighted by Gasteiger charge is 2.46. The molecule has 2 aliphatic rings. The molecule has 3 aromatic carbocycles. The first-order valence-electron chi connectivity index (χ1n) is 14.0. The fourth-order valence-corrected chi connectivity index (χ4v) is 7.20. The average Bonchev–Trinajstić information content (AvgIpc) is 3.77. The number of benzene rings is 3. The number of aryl methyl sites for hydroxylation is 2. The second-order valence-corrected chi connectivity index (χ2v) is 12.6. The van der Waals surface area contributed by atoms with Gasteiger partial charge in [0, 0.05) is 23.3 Å². The third kappa shape index (κ3) is 5.80. The van der Waals surface area contributed by atoms with Gasteiger partial charge in [-0.25, -0.2) is 17.5 Å². The van der Waals surface area contributed by atoms with E-state index >= 15 is 0 Å². The van der Waals surface area contributed by atoms with Crippen LogP contribution in [0.3, 0.4) is 0 Å². The minimum Gasteiger partial charge on any atom is -0.306 e. The molecule has 0 saturated heterocycles. The van der Waals surface area contributed by atoms with Gasteiger partial charge < -0.3 is 4.90 Å². The fourth-order valence-electron chi connectivity index (χ4n) is 5.87. The summed E-state index contributed by atoms with van der Waals surface area (Å²) in [5, 5.41) is 0. The predicted octanol–water partition coefficient (Wildman–Crippen LogP) is 6.22. The van der Waals surface area contributed by atoms with Crippen LogP contribution >= 0.6 is 0 Å². The van der Waals surface area contributed by atoms with Crippen LogP contribution in [0.1, 0.15) is 59.3 Å². The van der Waals surface area contributed by atoms with E-state index in [1.54, 1.807) is 4.90 Å². The number of pyridine rings is 1. The number of anilines is 1. The number of hydrogen-bond donors (Lipinski definition) is 1. The van der Waals surface area contributed by atoms with E-state index in [-0.39, 0.29) is 22.6 Å². The van der Waals surface area contributed by atoms with Gasteiger partial charge in [-0.3, -0.25) is 9.78 Å². The summed E-state index contributed by atoms with van der Waals surface area (Å²) < 4.78 is 43.5. The van der Waals surface area contributed by atoms with Crippen molar-refractivity contribution in [3.63, 3.8) is 0 Å². The van der Waals surface area contributed by atoms with Crippen LogP contribution in [0.4, 0.5) is 10.1 Å². The molecule has 6 rings (SSSR count). The van der Waals surface area contributed by atoms with Crippen molar-refractivity contribution in [2.24, 2.45) is 5.92 Å². The van der Waals surface area contributed by atoms with Crippen LogP contribution in [-0.4, -0.2) is 19.3 Å². The number of nitrogens with one attached hydrogen (secondary N) is 1. The maximum absolute atomic E-state index is 14.4. The minimum absolute atomic E-state index is 0.0291. The smallest absolute Gasteiger partial charge is 0.244 e. The number of carbonyl (C=O) groups is 1. The fraction of sp³-hybridized carbons (Fsp3) is 0.273. The van der Waals surface area contributed by atoms with E-state index < -0.39 is 21.9 Å². The average molecular weight is 570 g/mol. The van der Waals surface area contributed by atoms with Gasteiger partial charge in [-0.1, -0.05) is 54.6 Å². The summed E-state index contributed by atoms with van der Waals surface area (Å²) in [6.07, 6.45) is 2.97. The number of aromatic nitrogens is 1. The van der Waals surface area contributed by atoms with Gasteiger partial charge in [0.25, 0.3) is 0 Å². The highest BCUT2D eigenvalue weighted by Crippen LogP contribution is 2.49. The second kappa shape index (κ2) is 11.2. The van der Waals surface area contributed by atoms with Gasteiger partial charge in [-0.15, -0.1) is 0 Å². The van der Waals surface area contributed by atoms with Crippen molar-refractivity contribution in [2.45, 2.75) is 56.0 Å². The van der Waals surface area contributed by atoms with E-state index in [1.807, 2.05) is 61.5 Å². The summed E-state index contributed by atoms with van der Waals surface area (Å²) in [5.74, 6) is -0.714. The molecule has 3 atom stereocenters. The third-order valence-electron chi connectivity index (χ3n) is 8.05. The van der Waals surface area contributed by atoms with Crippen molar-refractivity contribution in [2.75, 3.05) is 4.90 Å². The van der Waals surface area contributed by atoms with Crippen LogP contribution in [-0.2, 0) is 27.8 Å². The Balaban J connectivity index is 1.33. The Bertz CT molecular complexity index is 1690. The van der Waals surface area contributed by atoms with Crippen LogP contribution < -0.4 is 9.62 Å². The summed E-state index contributed by atoms with van der Waals surface area (Å²) in [7, 11) is -4.09. The molecule has 1 heterocycles. The lowest BCUT2D eigenvalue weighted by atomic mass is 9.87. The molecule has 1 fully saturated rings. The lowest BCUT2D eigenvalue weighted by Crippen LogP contribution is -2.34. The molecule has 0 bridgehead atoms. The lowest BCUT2D eigenvalue weighted by molar-refractivity contribution is -0.120. The first-order chi connectivity index (χ1) is 19.8. The number of carbonyl (C=O) groups excluding carboxylic acids is 1. The normalized spacial score (nSPS) is 19.8. The van der Waals surface area contributed by atoms with Crippen molar-refractivity contribution in [3.05, 3.63) is 125 Å². The Hall–Kier alpha value is -3.88. The molecular weight excluding hydrogens is 537 g/mol. The second-order valence-electron chi connectivity index (χ2n) is 10.9. The van der Waals surface area contributed by atoms with E-state index in [0.717, 1.165) is 53.4 Å². The van der Waals surface area contributed by atoms with Gasteiger partial charge in [0.05, 0.1) is 12.2 Å². The van der Waals surface area contributed by atoms with Crippen LogP contribution in [0.2, 0.25) is 0 Å². The first-order valence-corrected chi connectivity index (χ1v) is 15.5.